The monoisotopic (exact) mass is 399 g/mol. The Morgan fingerprint density at radius 1 is 0.929 bits per heavy atom. The number of rotatable bonds is 5. The van der Waals surface area contributed by atoms with E-state index in [0.29, 0.717) is 41.0 Å². The van der Waals surface area contributed by atoms with Crippen LogP contribution >= 0.6 is 11.6 Å². The molecule has 0 fully saturated rings. The number of aryl methyl sites for hydroxylation is 2. The summed E-state index contributed by atoms with van der Waals surface area (Å²) in [6.07, 6.45) is 4.75. The number of hydrogen-bond donors (Lipinski definition) is 1. The van der Waals surface area contributed by atoms with E-state index < -0.39 is 0 Å². The SMILES string of the molecule is O=C(CCC(=O)c1ccc2c(c1)CCCC2)Nc1cc2c(cc1Cl)OCCO2. The highest BCUT2D eigenvalue weighted by molar-refractivity contribution is 6.34. The lowest BCUT2D eigenvalue weighted by molar-refractivity contribution is -0.116. The molecular formula is C22H22ClNO4. The largest absolute Gasteiger partial charge is 0.486 e. The van der Waals surface area contributed by atoms with Gasteiger partial charge in [-0.25, -0.2) is 0 Å². The number of fused-ring (bicyclic) bond motifs is 2. The number of anilines is 1. The molecule has 6 heteroatoms. The summed E-state index contributed by atoms with van der Waals surface area (Å²) in [4.78, 5) is 24.8. The minimum atomic E-state index is -0.259. The lowest BCUT2D eigenvalue weighted by atomic mass is 9.89. The number of halogens is 1. The first-order valence-corrected chi connectivity index (χ1v) is 10.0. The highest BCUT2D eigenvalue weighted by Crippen LogP contribution is 2.38. The van der Waals surface area contributed by atoms with Gasteiger partial charge in [0, 0.05) is 30.5 Å². The number of hydrogen-bond acceptors (Lipinski definition) is 4. The molecule has 146 valence electrons. The van der Waals surface area contributed by atoms with E-state index in [1.807, 2.05) is 12.1 Å². The van der Waals surface area contributed by atoms with Crippen LogP contribution in [-0.2, 0) is 17.6 Å². The van der Waals surface area contributed by atoms with Gasteiger partial charge < -0.3 is 14.8 Å². The van der Waals surface area contributed by atoms with Gasteiger partial charge in [0.2, 0.25) is 5.91 Å². The van der Waals surface area contributed by atoms with Gasteiger partial charge in [-0.2, -0.15) is 0 Å². The van der Waals surface area contributed by atoms with E-state index in [9.17, 15) is 9.59 Å². The number of amides is 1. The third-order valence-corrected chi connectivity index (χ3v) is 5.47. The second-order valence-electron chi connectivity index (χ2n) is 7.14. The number of benzene rings is 2. The van der Waals surface area contributed by atoms with Crippen molar-refractivity contribution in [2.75, 3.05) is 18.5 Å². The van der Waals surface area contributed by atoms with Crippen LogP contribution in [0.3, 0.4) is 0 Å². The molecular weight excluding hydrogens is 378 g/mol. The van der Waals surface area contributed by atoms with Gasteiger partial charge in [-0.1, -0.05) is 23.7 Å². The normalized spacial score (nSPS) is 14.9. The standard InChI is InChI=1S/C22H22ClNO4/c23-17-12-20-21(28-10-9-27-20)13-18(17)24-22(26)8-7-19(25)16-6-5-14-3-1-2-4-15(14)11-16/h5-6,11-13H,1-4,7-10H2,(H,24,26). The van der Waals surface area contributed by atoms with Gasteiger partial charge in [0.1, 0.15) is 13.2 Å². The quantitative estimate of drug-likeness (QED) is 0.747. The number of carbonyl (C=O) groups is 2. The summed E-state index contributed by atoms with van der Waals surface area (Å²) in [6, 6.07) is 9.20. The van der Waals surface area contributed by atoms with Gasteiger partial charge in [-0.05, 0) is 42.9 Å². The molecule has 1 heterocycles. The molecule has 0 unspecified atom stereocenters. The van der Waals surface area contributed by atoms with Crippen molar-refractivity contribution in [1.82, 2.24) is 0 Å². The van der Waals surface area contributed by atoms with E-state index in [1.54, 1.807) is 12.1 Å². The maximum Gasteiger partial charge on any atom is 0.224 e. The van der Waals surface area contributed by atoms with Crippen LogP contribution in [0.4, 0.5) is 5.69 Å². The first-order chi connectivity index (χ1) is 13.6. The zero-order chi connectivity index (χ0) is 19.5. The fourth-order valence-electron chi connectivity index (χ4n) is 3.65. The number of nitrogens with one attached hydrogen (secondary N) is 1. The fraction of sp³-hybridized carbons (Fsp3) is 0.364. The predicted octanol–water partition coefficient (Wildman–Crippen LogP) is 4.59. The van der Waals surface area contributed by atoms with Crippen LogP contribution in [-0.4, -0.2) is 24.9 Å². The smallest absolute Gasteiger partial charge is 0.224 e. The molecule has 1 aliphatic heterocycles. The summed E-state index contributed by atoms with van der Waals surface area (Å²) in [5, 5.41) is 3.13. The molecule has 0 radical (unpaired) electrons. The Labute approximate surface area is 169 Å². The molecule has 0 saturated carbocycles. The van der Waals surface area contributed by atoms with Crippen molar-refractivity contribution in [3.63, 3.8) is 0 Å². The molecule has 0 aromatic heterocycles. The van der Waals surface area contributed by atoms with Gasteiger partial charge in [0.15, 0.2) is 17.3 Å². The second kappa shape index (κ2) is 8.23. The Morgan fingerprint density at radius 3 is 2.43 bits per heavy atom. The van der Waals surface area contributed by atoms with Gasteiger partial charge in [0.25, 0.3) is 0 Å². The Balaban J connectivity index is 1.36. The molecule has 1 aliphatic carbocycles. The minimum Gasteiger partial charge on any atom is -0.486 e. The van der Waals surface area contributed by atoms with Crippen LogP contribution in [0, 0.1) is 0 Å². The maximum absolute atomic E-state index is 12.5. The third-order valence-electron chi connectivity index (χ3n) is 5.16. The van der Waals surface area contributed by atoms with Gasteiger partial charge in [-0.3, -0.25) is 9.59 Å². The Morgan fingerprint density at radius 2 is 1.64 bits per heavy atom. The topological polar surface area (TPSA) is 64.6 Å². The molecule has 0 bridgehead atoms. The van der Waals surface area contributed by atoms with Crippen molar-refractivity contribution in [1.29, 1.82) is 0 Å². The lowest BCUT2D eigenvalue weighted by Crippen LogP contribution is -2.17. The Kier molecular flexibility index (Phi) is 5.53. The Bertz CT molecular complexity index is 925. The molecule has 2 aliphatic rings. The predicted molar refractivity (Wildman–Crippen MR) is 108 cm³/mol. The molecule has 0 saturated heterocycles. The molecule has 28 heavy (non-hydrogen) atoms. The van der Waals surface area contributed by atoms with E-state index in [-0.39, 0.29) is 24.5 Å². The molecule has 4 rings (SSSR count). The van der Waals surface area contributed by atoms with Crippen molar-refractivity contribution in [3.8, 4) is 11.5 Å². The summed E-state index contributed by atoms with van der Waals surface area (Å²) in [5.41, 5.74) is 3.75. The maximum atomic E-state index is 12.5. The van der Waals surface area contributed by atoms with Crippen molar-refractivity contribution < 1.29 is 19.1 Å². The second-order valence-corrected chi connectivity index (χ2v) is 7.54. The van der Waals surface area contributed by atoms with E-state index in [1.165, 1.54) is 24.0 Å². The van der Waals surface area contributed by atoms with Crippen molar-refractivity contribution >= 4 is 29.0 Å². The highest BCUT2D eigenvalue weighted by Gasteiger charge is 2.18. The molecule has 0 spiro atoms. The van der Waals surface area contributed by atoms with Gasteiger partial charge in [0.05, 0.1) is 10.7 Å². The van der Waals surface area contributed by atoms with Gasteiger partial charge in [-0.15, -0.1) is 0 Å². The summed E-state index contributed by atoms with van der Waals surface area (Å²) in [5.74, 6) is 0.842. The zero-order valence-electron chi connectivity index (χ0n) is 15.6. The lowest BCUT2D eigenvalue weighted by Gasteiger charge is -2.20. The molecule has 1 N–H and O–H groups in total. The molecule has 1 amide bonds. The number of ketones is 1. The average molecular weight is 400 g/mol. The van der Waals surface area contributed by atoms with E-state index in [2.05, 4.69) is 11.4 Å². The van der Waals surface area contributed by atoms with Crippen molar-refractivity contribution in [2.24, 2.45) is 0 Å². The summed E-state index contributed by atoms with van der Waals surface area (Å²) in [7, 11) is 0. The van der Waals surface area contributed by atoms with Crippen LogP contribution in [0.1, 0.15) is 47.2 Å². The average Bonchev–Trinajstić information content (AvgIpc) is 2.72. The van der Waals surface area contributed by atoms with Crippen LogP contribution in [0.2, 0.25) is 5.02 Å². The number of Topliss-reactive ketones (excluding diaryl/α,β-unsaturated/α-hetero) is 1. The van der Waals surface area contributed by atoms with Crippen LogP contribution < -0.4 is 14.8 Å². The molecule has 5 nitrogen and oxygen atoms in total. The minimum absolute atomic E-state index is 0.0169. The van der Waals surface area contributed by atoms with Crippen LogP contribution in [0.25, 0.3) is 0 Å². The number of ether oxygens (including phenoxy) is 2. The molecule has 2 aromatic carbocycles. The van der Waals surface area contributed by atoms with E-state index in [0.717, 1.165) is 12.8 Å². The fourth-order valence-corrected chi connectivity index (χ4v) is 3.85. The molecule has 0 atom stereocenters. The summed E-state index contributed by atoms with van der Waals surface area (Å²) >= 11 is 6.21. The third kappa shape index (κ3) is 4.14. The first kappa shape index (κ1) is 18.8. The van der Waals surface area contributed by atoms with Crippen LogP contribution in [0.5, 0.6) is 11.5 Å². The van der Waals surface area contributed by atoms with E-state index in [4.69, 9.17) is 21.1 Å². The molecule has 2 aromatic rings. The summed E-state index contributed by atoms with van der Waals surface area (Å²) < 4.78 is 11.0. The zero-order valence-corrected chi connectivity index (χ0v) is 16.3. The van der Waals surface area contributed by atoms with Crippen molar-refractivity contribution in [3.05, 3.63) is 52.0 Å². The summed E-state index contributed by atoms with van der Waals surface area (Å²) in [6.45, 7) is 0.928. The highest BCUT2D eigenvalue weighted by atomic mass is 35.5. The number of carbonyl (C=O) groups excluding carboxylic acids is 2. The first-order valence-electron chi connectivity index (χ1n) is 9.64. The van der Waals surface area contributed by atoms with Gasteiger partial charge >= 0.3 is 0 Å². The van der Waals surface area contributed by atoms with E-state index >= 15 is 0 Å². The Hall–Kier alpha value is -2.53. The van der Waals surface area contributed by atoms with Crippen molar-refractivity contribution in [2.45, 2.75) is 38.5 Å². The van der Waals surface area contributed by atoms with Crippen LogP contribution in [0.15, 0.2) is 30.3 Å².